The maximum Gasteiger partial charge on any atom is 0.254 e. The van der Waals surface area contributed by atoms with Crippen LogP contribution in [0.15, 0.2) is 64.5 Å². The molecule has 0 aliphatic carbocycles. The lowest BCUT2D eigenvalue weighted by Crippen LogP contribution is -2.56. The van der Waals surface area contributed by atoms with Crippen LogP contribution in [0, 0.1) is 11.3 Å². The van der Waals surface area contributed by atoms with Gasteiger partial charge in [-0.15, -0.1) is 4.83 Å². The first-order chi connectivity index (χ1) is 16.6. The molecule has 0 aromatic heterocycles. The molecule has 0 spiro atoms. The topological polar surface area (TPSA) is 219 Å². The number of carbonyl (C=O) groups excluding carboxylic acids is 2. The fourth-order valence-electron chi connectivity index (χ4n) is 3.11. The van der Waals surface area contributed by atoms with Crippen molar-refractivity contribution in [2.75, 3.05) is 6.54 Å². The molecule has 0 aliphatic rings. The van der Waals surface area contributed by atoms with E-state index >= 15 is 0 Å². The van der Waals surface area contributed by atoms with Crippen LogP contribution in [0.25, 0.3) is 0 Å². The molecule has 2 aromatic carbocycles. The van der Waals surface area contributed by atoms with E-state index in [9.17, 15) is 23.3 Å². The SMILES string of the molecule is N#Cc1ccccc1S(=O)(=O)NN[C@@H](CCCN=C(N)N)C(=O)N[C@@H](Cc1ccccc1)C(N)=O. The Bertz CT molecular complexity index is 1190. The number of amides is 2. The van der Waals surface area contributed by atoms with Gasteiger partial charge in [0.2, 0.25) is 11.8 Å². The number of primary amides is 1. The number of aliphatic imine (C=N–C) groups is 1. The molecular weight excluding hydrogens is 472 g/mol. The monoisotopic (exact) mass is 500 g/mol. The van der Waals surface area contributed by atoms with E-state index < -0.39 is 33.9 Å². The number of guanidine groups is 1. The Morgan fingerprint density at radius 2 is 1.66 bits per heavy atom. The average Bonchev–Trinajstić information content (AvgIpc) is 2.83. The Labute approximate surface area is 203 Å². The van der Waals surface area contributed by atoms with Crippen molar-refractivity contribution in [1.82, 2.24) is 15.6 Å². The normalized spacial score (nSPS) is 12.7. The van der Waals surface area contributed by atoms with E-state index in [1.165, 1.54) is 24.3 Å². The van der Waals surface area contributed by atoms with Crippen molar-refractivity contribution in [3.63, 3.8) is 0 Å². The molecule has 2 aromatic rings. The molecule has 2 atom stereocenters. The van der Waals surface area contributed by atoms with Gasteiger partial charge in [-0.25, -0.2) is 13.8 Å². The molecule has 186 valence electrons. The maximum atomic E-state index is 13.0. The second kappa shape index (κ2) is 13.0. The molecule has 0 unspecified atom stereocenters. The molecule has 9 N–H and O–H groups in total. The number of sulfonamides is 1. The lowest BCUT2D eigenvalue weighted by atomic mass is 10.0. The average molecular weight is 501 g/mol. The van der Waals surface area contributed by atoms with Crippen molar-refractivity contribution in [2.45, 2.75) is 36.2 Å². The number of rotatable bonds is 13. The number of nitrogens with one attached hydrogen (secondary N) is 3. The molecule has 13 heteroatoms. The molecule has 35 heavy (non-hydrogen) atoms. The molecule has 0 aliphatic heterocycles. The van der Waals surface area contributed by atoms with Gasteiger partial charge in [0.1, 0.15) is 23.0 Å². The Balaban J connectivity index is 2.17. The summed E-state index contributed by atoms with van der Waals surface area (Å²) in [5, 5.41) is 11.8. The maximum absolute atomic E-state index is 13.0. The number of benzene rings is 2. The molecule has 2 amide bonds. The fraction of sp³-hybridized carbons (Fsp3) is 0.273. The van der Waals surface area contributed by atoms with Crippen LogP contribution >= 0.6 is 0 Å². The van der Waals surface area contributed by atoms with E-state index in [2.05, 4.69) is 20.6 Å². The molecule has 0 heterocycles. The third-order valence-electron chi connectivity index (χ3n) is 4.87. The van der Waals surface area contributed by atoms with Crippen LogP contribution < -0.4 is 32.8 Å². The van der Waals surface area contributed by atoms with E-state index in [1.54, 1.807) is 24.3 Å². The predicted octanol–water partition coefficient (Wildman–Crippen LogP) is -1.02. The number of hydrogen-bond donors (Lipinski definition) is 6. The van der Waals surface area contributed by atoms with Crippen LogP contribution in [0.4, 0.5) is 0 Å². The summed E-state index contributed by atoms with van der Waals surface area (Å²) in [6, 6.07) is 14.3. The molecule has 0 bridgehead atoms. The molecule has 0 radical (unpaired) electrons. The van der Waals surface area contributed by atoms with E-state index in [0.717, 1.165) is 5.56 Å². The lowest BCUT2D eigenvalue weighted by molar-refractivity contribution is -0.128. The predicted molar refractivity (Wildman–Crippen MR) is 130 cm³/mol. The van der Waals surface area contributed by atoms with Gasteiger partial charge in [0.25, 0.3) is 10.0 Å². The second-order valence-corrected chi connectivity index (χ2v) is 9.16. The number of nitriles is 1. The van der Waals surface area contributed by atoms with Gasteiger partial charge < -0.3 is 22.5 Å². The van der Waals surface area contributed by atoms with E-state index in [0.29, 0.717) is 6.42 Å². The minimum absolute atomic E-state index is 0.0628. The van der Waals surface area contributed by atoms with Gasteiger partial charge >= 0.3 is 0 Å². The summed E-state index contributed by atoms with van der Waals surface area (Å²) in [5.74, 6) is -1.53. The van der Waals surface area contributed by atoms with Gasteiger partial charge in [-0.05, 0) is 30.5 Å². The molecule has 2 rings (SSSR count). The molecule has 0 saturated carbocycles. The van der Waals surface area contributed by atoms with Crippen LogP contribution in [-0.4, -0.2) is 44.8 Å². The highest BCUT2D eigenvalue weighted by atomic mass is 32.2. The van der Waals surface area contributed by atoms with Crippen molar-refractivity contribution in [3.8, 4) is 6.07 Å². The van der Waals surface area contributed by atoms with Crippen LogP contribution in [0.3, 0.4) is 0 Å². The highest BCUT2D eigenvalue weighted by Gasteiger charge is 2.26. The quantitative estimate of drug-likeness (QED) is 0.0862. The number of carbonyl (C=O) groups is 2. The number of nitrogens with zero attached hydrogens (tertiary/aromatic N) is 2. The van der Waals surface area contributed by atoms with E-state index in [1.807, 2.05) is 12.1 Å². The Morgan fingerprint density at radius 3 is 2.29 bits per heavy atom. The molecule has 0 fully saturated rings. The standard InChI is InChI=1S/C22H28N8O4S/c23-14-16-9-4-5-11-19(16)35(33,34)30-29-17(10-6-12-27-22(25)26)21(32)28-18(20(24)31)13-15-7-2-1-3-8-15/h1-5,7-9,11,17-18,29-30H,6,10,12-13H2,(H2,24,31)(H,28,32)(H4,25,26,27)/t17-,18-/m0/s1. The summed E-state index contributed by atoms with van der Waals surface area (Å²) >= 11 is 0. The summed E-state index contributed by atoms with van der Waals surface area (Å²) in [6.07, 6.45) is 0.588. The van der Waals surface area contributed by atoms with Crippen LogP contribution in [0.5, 0.6) is 0 Å². The van der Waals surface area contributed by atoms with Crippen LogP contribution in [0.2, 0.25) is 0 Å². The number of nitrogens with two attached hydrogens (primary N) is 3. The van der Waals surface area contributed by atoms with Crippen LogP contribution in [0.1, 0.15) is 24.0 Å². The summed E-state index contributed by atoms with van der Waals surface area (Å²) in [5.41, 5.74) is 19.3. The fourth-order valence-corrected chi connectivity index (χ4v) is 4.18. The van der Waals surface area contributed by atoms with E-state index in [-0.39, 0.29) is 35.8 Å². The Hall–Kier alpha value is -3.99. The summed E-state index contributed by atoms with van der Waals surface area (Å²) in [4.78, 5) is 30.7. The van der Waals surface area contributed by atoms with Crippen molar-refractivity contribution in [3.05, 3.63) is 65.7 Å². The Morgan fingerprint density at radius 1 is 1.00 bits per heavy atom. The van der Waals surface area contributed by atoms with Crippen molar-refractivity contribution in [1.29, 1.82) is 5.26 Å². The van der Waals surface area contributed by atoms with E-state index in [4.69, 9.17) is 17.2 Å². The number of hydrazine groups is 1. The van der Waals surface area contributed by atoms with Gasteiger partial charge in [0, 0.05) is 13.0 Å². The summed E-state index contributed by atoms with van der Waals surface area (Å²) in [7, 11) is -4.19. The minimum atomic E-state index is -4.19. The van der Waals surface area contributed by atoms with Gasteiger partial charge in [-0.3, -0.25) is 14.6 Å². The highest BCUT2D eigenvalue weighted by molar-refractivity contribution is 7.89. The van der Waals surface area contributed by atoms with Gasteiger partial charge in [-0.2, -0.15) is 5.26 Å². The molecule has 0 saturated heterocycles. The lowest BCUT2D eigenvalue weighted by Gasteiger charge is -2.22. The van der Waals surface area contributed by atoms with Crippen molar-refractivity contribution in [2.24, 2.45) is 22.2 Å². The highest BCUT2D eigenvalue weighted by Crippen LogP contribution is 2.14. The third-order valence-corrected chi connectivity index (χ3v) is 6.19. The van der Waals surface area contributed by atoms with Gasteiger partial charge in [0.05, 0.1) is 5.56 Å². The molecular formula is C22H28N8O4S. The van der Waals surface area contributed by atoms with Gasteiger partial charge in [-0.1, -0.05) is 42.5 Å². The second-order valence-electron chi connectivity index (χ2n) is 7.51. The smallest absolute Gasteiger partial charge is 0.254 e. The van der Waals surface area contributed by atoms with Crippen LogP contribution in [-0.2, 0) is 26.0 Å². The summed E-state index contributed by atoms with van der Waals surface area (Å²) in [6.45, 7) is 0.196. The Kier molecular flexibility index (Phi) is 10.2. The minimum Gasteiger partial charge on any atom is -0.370 e. The first kappa shape index (κ1) is 27.3. The zero-order valence-corrected chi connectivity index (χ0v) is 19.7. The first-order valence-electron chi connectivity index (χ1n) is 10.6. The third kappa shape index (κ3) is 8.70. The zero-order valence-electron chi connectivity index (χ0n) is 18.8. The largest absolute Gasteiger partial charge is 0.370 e. The van der Waals surface area contributed by atoms with Gasteiger partial charge in [0.15, 0.2) is 5.96 Å². The number of hydrogen-bond acceptors (Lipinski definition) is 7. The summed E-state index contributed by atoms with van der Waals surface area (Å²) < 4.78 is 25.5. The molecule has 12 nitrogen and oxygen atoms in total. The first-order valence-corrected chi connectivity index (χ1v) is 12.1. The van der Waals surface area contributed by atoms with Crippen molar-refractivity contribution < 1.29 is 18.0 Å². The zero-order chi connectivity index (χ0) is 25.8. The van der Waals surface area contributed by atoms with Crippen molar-refractivity contribution >= 4 is 27.8 Å².